The number of aromatic nitrogens is 2. The number of nitrogens with one attached hydrogen (secondary N) is 1. The van der Waals surface area contributed by atoms with Crippen molar-refractivity contribution in [3.8, 4) is 28.6 Å². The maximum absolute atomic E-state index is 12.9. The van der Waals surface area contributed by atoms with Crippen molar-refractivity contribution < 1.29 is 19.0 Å². The third-order valence-corrected chi connectivity index (χ3v) is 5.08. The van der Waals surface area contributed by atoms with E-state index in [1.54, 1.807) is 13.2 Å². The van der Waals surface area contributed by atoms with Crippen molar-refractivity contribution >= 4 is 16.7 Å². The number of hydrogen-bond acceptors (Lipinski definition) is 6. The predicted molar refractivity (Wildman–Crippen MR) is 127 cm³/mol. The lowest BCUT2D eigenvalue weighted by Gasteiger charge is -2.13. The summed E-state index contributed by atoms with van der Waals surface area (Å²) >= 11 is 0. The minimum absolute atomic E-state index is 0.209. The number of amides is 1. The molecule has 0 radical (unpaired) electrons. The minimum atomic E-state index is -0.209. The molecule has 0 aliphatic carbocycles. The van der Waals surface area contributed by atoms with Gasteiger partial charge in [0.25, 0.3) is 5.91 Å². The van der Waals surface area contributed by atoms with E-state index in [-0.39, 0.29) is 12.5 Å². The van der Waals surface area contributed by atoms with E-state index in [4.69, 9.17) is 14.2 Å². The topological polar surface area (TPSA) is 82.6 Å². The molecule has 1 aromatic heterocycles. The zero-order chi connectivity index (χ0) is 23.0. The number of carbonyl (C=O) groups excluding carboxylic acids is 1. The normalized spacial score (nSPS) is 10.6. The van der Waals surface area contributed by atoms with Crippen LogP contribution >= 0.6 is 0 Å². The van der Waals surface area contributed by atoms with Gasteiger partial charge in [0.15, 0.2) is 0 Å². The second kappa shape index (κ2) is 10.5. The molecule has 0 saturated carbocycles. The molecule has 7 heteroatoms. The maximum atomic E-state index is 12.9. The molecule has 0 bridgehead atoms. The smallest absolute Gasteiger partial charge is 0.255 e. The number of carbonyl (C=O) groups is 1. The zero-order valence-corrected chi connectivity index (χ0v) is 18.6. The summed E-state index contributed by atoms with van der Waals surface area (Å²) in [6, 6.07) is 22.7. The molecular formula is C26H25N3O4. The van der Waals surface area contributed by atoms with Crippen LogP contribution in [-0.4, -0.2) is 43.0 Å². The first-order chi connectivity index (χ1) is 16.2. The van der Waals surface area contributed by atoms with Gasteiger partial charge in [-0.3, -0.25) is 4.79 Å². The Bertz CT molecular complexity index is 1220. The van der Waals surface area contributed by atoms with Gasteiger partial charge in [0.2, 0.25) is 5.88 Å². The van der Waals surface area contributed by atoms with Gasteiger partial charge in [-0.15, -0.1) is 10.2 Å². The van der Waals surface area contributed by atoms with Crippen LogP contribution < -0.4 is 19.5 Å². The summed E-state index contributed by atoms with van der Waals surface area (Å²) in [6.07, 6.45) is 0. The third-order valence-electron chi connectivity index (χ3n) is 5.08. The molecule has 7 nitrogen and oxygen atoms in total. The average molecular weight is 444 g/mol. The van der Waals surface area contributed by atoms with Gasteiger partial charge < -0.3 is 19.5 Å². The Labute approximate surface area is 192 Å². The van der Waals surface area contributed by atoms with Crippen molar-refractivity contribution in [1.82, 2.24) is 15.5 Å². The van der Waals surface area contributed by atoms with Crippen LogP contribution in [0.5, 0.6) is 17.4 Å². The Morgan fingerprint density at radius 3 is 2.45 bits per heavy atom. The quantitative estimate of drug-likeness (QED) is 0.383. The fourth-order valence-corrected chi connectivity index (χ4v) is 3.48. The van der Waals surface area contributed by atoms with E-state index in [0.29, 0.717) is 30.3 Å². The van der Waals surface area contributed by atoms with Crippen molar-refractivity contribution in [2.45, 2.75) is 6.92 Å². The molecule has 4 rings (SSSR count). The molecule has 0 fully saturated rings. The predicted octanol–water partition coefficient (Wildman–Crippen LogP) is 4.51. The third kappa shape index (κ3) is 5.20. The molecule has 1 amide bonds. The van der Waals surface area contributed by atoms with Gasteiger partial charge in [0, 0.05) is 11.6 Å². The average Bonchev–Trinajstić information content (AvgIpc) is 2.87. The standard InChI is InChI=1S/C26H25N3O4/c1-3-32-23-14-10-18-6-4-5-7-21(18)25(23)26(30)27-16-17-33-24-15-13-22(28-29-24)19-8-11-20(31-2)12-9-19/h4-15H,3,16-17H2,1-2H3,(H,27,30). The molecule has 0 unspecified atom stereocenters. The number of ether oxygens (including phenoxy) is 3. The second-order valence-electron chi connectivity index (χ2n) is 7.18. The number of rotatable bonds is 9. The van der Waals surface area contributed by atoms with Gasteiger partial charge in [-0.2, -0.15) is 0 Å². The molecule has 33 heavy (non-hydrogen) atoms. The van der Waals surface area contributed by atoms with Gasteiger partial charge in [-0.05, 0) is 54.1 Å². The van der Waals surface area contributed by atoms with Crippen LogP contribution in [0.1, 0.15) is 17.3 Å². The molecule has 0 aliphatic heterocycles. The van der Waals surface area contributed by atoms with Gasteiger partial charge in [0.1, 0.15) is 18.1 Å². The first-order valence-corrected chi connectivity index (χ1v) is 10.7. The fraction of sp³-hybridized carbons (Fsp3) is 0.192. The van der Waals surface area contributed by atoms with Gasteiger partial charge >= 0.3 is 0 Å². The van der Waals surface area contributed by atoms with Gasteiger partial charge in [-0.25, -0.2) is 0 Å². The van der Waals surface area contributed by atoms with Gasteiger partial charge in [0.05, 0.1) is 31.5 Å². The Morgan fingerprint density at radius 2 is 1.73 bits per heavy atom. The summed E-state index contributed by atoms with van der Waals surface area (Å²) in [5.74, 6) is 1.53. The van der Waals surface area contributed by atoms with Crippen molar-refractivity contribution in [3.63, 3.8) is 0 Å². The Hall–Kier alpha value is -4.13. The number of nitrogens with zero attached hydrogens (tertiary/aromatic N) is 2. The van der Waals surface area contributed by atoms with E-state index in [2.05, 4.69) is 15.5 Å². The van der Waals surface area contributed by atoms with Crippen molar-refractivity contribution in [3.05, 3.63) is 78.4 Å². The number of hydrogen-bond donors (Lipinski definition) is 1. The minimum Gasteiger partial charge on any atom is -0.497 e. The number of methoxy groups -OCH3 is 1. The summed E-state index contributed by atoms with van der Waals surface area (Å²) in [7, 11) is 1.63. The molecule has 0 spiro atoms. The van der Waals surface area contributed by atoms with E-state index >= 15 is 0 Å². The molecule has 0 aliphatic rings. The fourth-order valence-electron chi connectivity index (χ4n) is 3.48. The molecule has 1 heterocycles. The van der Waals surface area contributed by atoms with E-state index in [1.165, 1.54) is 0 Å². The van der Waals surface area contributed by atoms with Crippen LogP contribution in [0.4, 0.5) is 0 Å². The maximum Gasteiger partial charge on any atom is 0.255 e. The Morgan fingerprint density at radius 1 is 0.909 bits per heavy atom. The summed E-state index contributed by atoms with van der Waals surface area (Å²) in [4.78, 5) is 12.9. The van der Waals surface area contributed by atoms with Crippen LogP contribution in [-0.2, 0) is 0 Å². The van der Waals surface area contributed by atoms with Gasteiger partial charge in [-0.1, -0.05) is 30.3 Å². The van der Waals surface area contributed by atoms with E-state index in [9.17, 15) is 4.79 Å². The highest BCUT2D eigenvalue weighted by atomic mass is 16.5. The summed E-state index contributed by atoms with van der Waals surface area (Å²) in [5.41, 5.74) is 2.19. The van der Waals surface area contributed by atoms with Crippen molar-refractivity contribution in [2.24, 2.45) is 0 Å². The number of benzene rings is 3. The van der Waals surface area contributed by atoms with E-state index in [0.717, 1.165) is 27.8 Å². The SMILES string of the molecule is CCOc1ccc2ccccc2c1C(=O)NCCOc1ccc(-c2ccc(OC)cc2)nn1. The summed E-state index contributed by atoms with van der Waals surface area (Å²) < 4.78 is 16.5. The van der Waals surface area contributed by atoms with Crippen LogP contribution in [0, 0.1) is 0 Å². The molecule has 0 atom stereocenters. The first kappa shape index (κ1) is 22.1. The molecule has 4 aromatic rings. The second-order valence-corrected chi connectivity index (χ2v) is 7.18. The molecular weight excluding hydrogens is 418 g/mol. The Balaban J connectivity index is 1.35. The van der Waals surface area contributed by atoms with Crippen LogP contribution in [0.3, 0.4) is 0 Å². The van der Waals surface area contributed by atoms with E-state index in [1.807, 2.05) is 73.7 Å². The number of fused-ring (bicyclic) bond motifs is 1. The highest BCUT2D eigenvalue weighted by Gasteiger charge is 2.16. The largest absolute Gasteiger partial charge is 0.497 e. The lowest BCUT2D eigenvalue weighted by molar-refractivity contribution is 0.0944. The van der Waals surface area contributed by atoms with Crippen molar-refractivity contribution in [2.75, 3.05) is 26.9 Å². The van der Waals surface area contributed by atoms with Crippen LogP contribution in [0.2, 0.25) is 0 Å². The molecule has 3 aromatic carbocycles. The molecule has 1 N–H and O–H groups in total. The van der Waals surface area contributed by atoms with E-state index < -0.39 is 0 Å². The Kier molecular flexibility index (Phi) is 6.99. The summed E-state index contributed by atoms with van der Waals surface area (Å²) in [5, 5.41) is 13.1. The molecule has 0 saturated heterocycles. The zero-order valence-electron chi connectivity index (χ0n) is 18.6. The van der Waals surface area contributed by atoms with Crippen molar-refractivity contribution in [1.29, 1.82) is 0 Å². The van der Waals surface area contributed by atoms with Crippen LogP contribution in [0.25, 0.3) is 22.0 Å². The van der Waals surface area contributed by atoms with Crippen LogP contribution in [0.15, 0.2) is 72.8 Å². The summed E-state index contributed by atoms with van der Waals surface area (Å²) in [6.45, 7) is 2.95. The molecule has 168 valence electrons. The highest BCUT2D eigenvalue weighted by molar-refractivity contribution is 6.09. The monoisotopic (exact) mass is 443 g/mol. The lowest BCUT2D eigenvalue weighted by Crippen LogP contribution is -2.28. The lowest BCUT2D eigenvalue weighted by atomic mass is 10.0. The first-order valence-electron chi connectivity index (χ1n) is 10.7. The highest BCUT2D eigenvalue weighted by Crippen LogP contribution is 2.28.